The molecule has 1 N–H and O–H groups in total. The molecule has 3 rings (SSSR count). The number of benzene rings is 1. The molecule has 0 amide bonds. The van der Waals surface area contributed by atoms with Gasteiger partial charge in [-0.05, 0) is 12.1 Å². The van der Waals surface area contributed by atoms with Crippen molar-refractivity contribution in [3.8, 4) is 0 Å². The van der Waals surface area contributed by atoms with Gasteiger partial charge in [0, 0.05) is 30.0 Å². The molecule has 0 bridgehead atoms. The molecule has 0 saturated carbocycles. The highest BCUT2D eigenvalue weighted by atomic mass is 32.2. The van der Waals surface area contributed by atoms with Gasteiger partial charge in [-0.15, -0.1) is 0 Å². The van der Waals surface area contributed by atoms with Crippen molar-refractivity contribution in [3.05, 3.63) is 30.1 Å². The van der Waals surface area contributed by atoms with Gasteiger partial charge in [-0.1, -0.05) is 12.1 Å². The molecule has 6 heteroatoms. The lowest BCUT2D eigenvalue weighted by Crippen LogP contribution is -2.33. The first-order chi connectivity index (χ1) is 9.25. The summed E-state index contributed by atoms with van der Waals surface area (Å²) >= 11 is 1.91. The highest BCUT2D eigenvalue weighted by molar-refractivity contribution is 7.99. The van der Waals surface area contributed by atoms with E-state index in [-0.39, 0.29) is 5.82 Å². The number of carbonyl (C=O) groups is 1. The SMILES string of the molecule is O=C(O)c1nc(N2CCSCC2)c2ccccc2n1. The van der Waals surface area contributed by atoms with Crippen molar-refractivity contribution >= 4 is 34.5 Å². The van der Waals surface area contributed by atoms with Crippen molar-refractivity contribution in [2.75, 3.05) is 29.5 Å². The van der Waals surface area contributed by atoms with Crippen molar-refractivity contribution in [1.29, 1.82) is 0 Å². The van der Waals surface area contributed by atoms with Crippen LogP contribution in [0.4, 0.5) is 5.82 Å². The van der Waals surface area contributed by atoms with Gasteiger partial charge in [0.2, 0.25) is 5.82 Å². The second-order valence-electron chi connectivity index (χ2n) is 4.29. The number of hydrogen-bond acceptors (Lipinski definition) is 5. The fourth-order valence-corrected chi connectivity index (χ4v) is 3.07. The highest BCUT2D eigenvalue weighted by Gasteiger charge is 2.19. The minimum Gasteiger partial charge on any atom is -0.475 e. The number of thioether (sulfide) groups is 1. The number of aromatic carboxylic acids is 1. The number of carboxylic acids is 1. The monoisotopic (exact) mass is 275 g/mol. The minimum absolute atomic E-state index is 0.132. The molecule has 0 aliphatic carbocycles. The summed E-state index contributed by atoms with van der Waals surface area (Å²) in [6.07, 6.45) is 0. The summed E-state index contributed by atoms with van der Waals surface area (Å²) in [5.41, 5.74) is 0.683. The molecule has 19 heavy (non-hydrogen) atoms. The van der Waals surface area contributed by atoms with Gasteiger partial charge in [-0.3, -0.25) is 0 Å². The molecule has 98 valence electrons. The lowest BCUT2D eigenvalue weighted by molar-refractivity contribution is 0.0684. The highest BCUT2D eigenvalue weighted by Crippen LogP contribution is 2.26. The van der Waals surface area contributed by atoms with Crippen LogP contribution in [0.2, 0.25) is 0 Å². The van der Waals surface area contributed by atoms with E-state index in [4.69, 9.17) is 5.11 Å². The van der Waals surface area contributed by atoms with E-state index in [0.717, 1.165) is 35.8 Å². The maximum absolute atomic E-state index is 11.1. The van der Waals surface area contributed by atoms with Crippen molar-refractivity contribution in [1.82, 2.24) is 9.97 Å². The van der Waals surface area contributed by atoms with Crippen LogP contribution in [-0.4, -0.2) is 45.6 Å². The number of fused-ring (bicyclic) bond motifs is 1. The largest absolute Gasteiger partial charge is 0.475 e. The third-order valence-electron chi connectivity index (χ3n) is 3.09. The van der Waals surface area contributed by atoms with Crippen molar-refractivity contribution in [2.24, 2.45) is 0 Å². The first kappa shape index (κ1) is 12.2. The Balaban J connectivity index is 2.16. The van der Waals surface area contributed by atoms with E-state index in [1.165, 1.54) is 0 Å². The first-order valence-corrected chi connectivity index (χ1v) is 7.24. The number of carboxylic acid groups (broad SMARTS) is 1. The molecule has 2 aromatic rings. The maximum atomic E-state index is 11.1. The average molecular weight is 275 g/mol. The molecular weight excluding hydrogens is 262 g/mol. The predicted molar refractivity (Wildman–Crippen MR) is 76.0 cm³/mol. The summed E-state index contributed by atoms with van der Waals surface area (Å²) in [5, 5.41) is 10.0. The fraction of sp³-hybridized carbons (Fsp3) is 0.308. The molecule has 0 unspecified atom stereocenters. The van der Waals surface area contributed by atoms with Crippen molar-refractivity contribution in [3.63, 3.8) is 0 Å². The van der Waals surface area contributed by atoms with Gasteiger partial charge in [0.05, 0.1) is 5.52 Å². The van der Waals surface area contributed by atoms with E-state index in [1.54, 1.807) is 0 Å². The Labute approximate surface area is 114 Å². The molecule has 0 radical (unpaired) electrons. The standard InChI is InChI=1S/C13H13N3O2S/c17-13(18)11-14-10-4-2-1-3-9(10)12(15-11)16-5-7-19-8-6-16/h1-4H,5-8H2,(H,17,18). The third-order valence-corrected chi connectivity index (χ3v) is 4.03. The summed E-state index contributed by atoms with van der Waals surface area (Å²) < 4.78 is 0. The van der Waals surface area contributed by atoms with Gasteiger partial charge in [0.15, 0.2) is 0 Å². The fourth-order valence-electron chi connectivity index (χ4n) is 2.17. The maximum Gasteiger partial charge on any atom is 0.374 e. The number of anilines is 1. The van der Waals surface area contributed by atoms with Gasteiger partial charge in [-0.2, -0.15) is 11.8 Å². The molecular formula is C13H13N3O2S. The smallest absolute Gasteiger partial charge is 0.374 e. The third kappa shape index (κ3) is 2.35. The number of para-hydroxylation sites is 1. The van der Waals surface area contributed by atoms with Gasteiger partial charge >= 0.3 is 5.97 Å². The Morgan fingerprint density at radius 1 is 1.21 bits per heavy atom. The van der Waals surface area contributed by atoms with Crippen LogP contribution >= 0.6 is 11.8 Å². The Morgan fingerprint density at radius 3 is 2.68 bits per heavy atom. The van der Waals surface area contributed by atoms with Gasteiger partial charge in [0.1, 0.15) is 5.82 Å². The summed E-state index contributed by atoms with van der Waals surface area (Å²) in [5.74, 6) is 1.61. The van der Waals surface area contributed by atoms with E-state index in [2.05, 4.69) is 14.9 Å². The van der Waals surface area contributed by atoms with Gasteiger partial charge in [0.25, 0.3) is 0 Å². The van der Waals surface area contributed by atoms with Crippen LogP contribution in [0, 0.1) is 0 Å². The molecule has 2 heterocycles. The molecule has 0 atom stereocenters. The molecule has 1 fully saturated rings. The quantitative estimate of drug-likeness (QED) is 0.902. The molecule has 1 aromatic carbocycles. The minimum atomic E-state index is -1.08. The lowest BCUT2D eigenvalue weighted by Gasteiger charge is -2.28. The van der Waals surface area contributed by atoms with Crippen LogP contribution in [0.1, 0.15) is 10.6 Å². The zero-order chi connectivity index (χ0) is 13.2. The Bertz CT molecular complexity index is 626. The first-order valence-electron chi connectivity index (χ1n) is 6.08. The van der Waals surface area contributed by atoms with E-state index < -0.39 is 5.97 Å². The number of nitrogens with zero attached hydrogens (tertiary/aromatic N) is 3. The van der Waals surface area contributed by atoms with E-state index in [0.29, 0.717) is 5.52 Å². The summed E-state index contributed by atoms with van der Waals surface area (Å²) in [4.78, 5) is 21.6. The zero-order valence-electron chi connectivity index (χ0n) is 10.2. The van der Waals surface area contributed by atoms with Gasteiger partial charge in [-0.25, -0.2) is 14.8 Å². The topological polar surface area (TPSA) is 66.3 Å². The molecule has 1 saturated heterocycles. The molecule has 1 aromatic heterocycles. The Kier molecular flexibility index (Phi) is 3.25. The summed E-state index contributed by atoms with van der Waals surface area (Å²) in [6.45, 7) is 1.79. The molecule has 0 spiro atoms. The lowest BCUT2D eigenvalue weighted by atomic mass is 10.2. The van der Waals surface area contributed by atoms with Crippen LogP contribution in [-0.2, 0) is 0 Å². The normalized spacial score (nSPS) is 15.7. The van der Waals surface area contributed by atoms with Crippen LogP contribution in [0.3, 0.4) is 0 Å². The number of rotatable bonds is 2. The van der Waals surface area contributed by atoms with E-state index in [9.17, 15) is 4.79 Å². The summed E-state index contributed by atoms with van der Waals surface area (Å²) in [6, 6.07) is 7.55. The van der Waals surface area contributed by atoms with Crippen LogP contribution < -0.4 is 4.90 Å². The molecule has 5 nitrogen and oxygen atoms in total. The van der Waals surface area contributed by atoms with Gasteiger partial charge < -0.3 is 10.0 Å². The molecule has 1 aliphatic rings. The number of hydrogen-bond donors (Lipinski definition) is 1. The van der Waals surface area contributed by atoms with Crippen LogP contribution in [0.5, 0.6) is 0 Å². The zero-order valence-corrected chi connectivity index (χ0v) is 11.1. The Hall–Kier alpha value is -1.82. The van der Waals surface area contributed by atoms with Crippen molar-refractivity contribution < 1.29 is 9.90 Å². The van der Waals surface area contributed by atoms with E-state index in [1.807, 2.05) is 36.0 Å². The Morgan fingerprint density at radius 2 is 1.95 bits per heavy atom. The van der Waals surface area contributed by atoms with Crippen LogP contribution in [0.15, 0.2) is 24.3 Å². The summed E-state index contributed by atoms with van der Waals surface area (Å²) in [7, 11) is 0. The second kappa shape index (κ2) is 5.05. The van der Waals surface area contributed by atoms with E-state index >= 15 is 0 Å². The van der Waals surface area contributed by atoms with Crippen LogP contribution in [0.25, 0.3) is 10.9 Å². The number of aromatic nitrogens is 2. The van der Waals surface area contributed by atoms with Crippen molar-refractivity contribution in [2.45, 2.75) is 0 Å². The average Bonchev–Trinajstić information content (AvgIpc) is 2.47. The second-order valence-corrected chi connectivity index (χ2v) is 5.52. The molecule has 1 aliphatic heterocycles. The predicted octanol–water partition coefficient (Wildman–Crippen LogP) is 1.88.